The van der Waals surface area contributed by atoms with E-state index in [1.807, 2.05) is 0 Å². The topological polar surface area (TPSA) is 46.4 Å². The molecule has 1 unspecified atom stereocenters. The molecular weight excluding hydrogens is 142 g/mol. The molecule has 1 aliphatic rings. The monoisotopic (exact) mass is 156 g/mol. The van der Waals surface area contributed by atoms with Crippen molar-refractivity contribution in [3.63, 3.8) is 0 Å². The number of hydrogen-bond donors (Lipinski definition) is 1. The number of likely N-dealkylation sites (N-methyl/N-ethyl adjacent to an activating group) is 1. The van der Waals surface area contributed by atoms with Gasteiger partial charge in [0.25, 0.3) is 0 Å². The highest BCUT2D eigenvalue weighted by molar-refractivity contribution is 5.81. The van der Waals surface area contributed by atoms with Crippen molar-refractivity contribution in [2.24, 2.45) is 0 Å². The predicted molar refractivity (Wildman–Crippen MR) is 42.4 cm³/mol. The highest BCUT2D eigenvalue weighted by Gasteiger charge is 2.21. The van der Waals surface area contributed by atoms with Crippen molar-refractivity contribution in [1.82, 2.24) is 15.5 Å². The van der Waals surface area contributed by atoms with E-state index in [0.717, 1.165) is 13.1 Å². The van der Waals surface area contributed by atoms with Crippen LogP contribution >= 0.6 is 0 Å². The first-order valence-electron chi connectivity index (χ1n) is 3.79. The molecule has 1 aliphatic heterocycles. The summed E-state index contributed by atoms with van der Waals surface area (Å²) < 4.78 is 0. The van der Waals surface area contributed by atoms with Crippen LogP contribution in [0.4, 0.5) is 0 Å². The van der Waals surface area contributed by atoms with Crippen LogP contribution in [0.15, 0.2) is 0 Å². The molecule has 1 amide bonds. The number of amides is 1. The summed E-state index contributed by atoms with van der Waals surface area (Å²) in [7, 11) is 3.53. The van der Waals surface area contributed by atoms with Crippen LogP contribution in [0.2, 0.25) is 0 Å². The third kappa shape index (κ3) is 2.17. The van der Waals surface area contributed by atoms with E-state index in [9.17, 15) is 4.79 Å². The Morgan fingerprint density at radius 2 is 2.36 bits per heavy atom. The number of nitrogens with zero attached hydrogens (tertiary/aromatic N) is 2. The molecule has 0 aromatic carbocycles. The second kappa shape index (κ2) is 3.69. The Kier molecular flexibility index (Phi) is 2.84. The van der Waals surface area contributed by atoms with E-state index in [4.69, 9.17) is 0 Å². The van der Waals surface area contributed by atoms with Gasteiger partial charge in [0.2, 0.25) is 5.91 Å². The average molecular weight is 156 g/mol. The first kappa shape index (κ1) is 8.49. The van der Waals surface area contributed by atoms with Gasteiger partial charge in [0.1, 0.15) is 6.04 Å². The molecule has 11 heavy (non-hydrogen) atoms. The quantitative estimate of drug-likeness (QED) is 0.510. The molecule has 0 bridgehead atoms. The second-order valence-electron chi connectivity index (χ2n) is 2.87. The van der Waals surface area contributed by atoms with Gasteiger partial charge in [-0.25, -0.2) is 5.32 Å². The third-order valence-corrected chi connectivity index (χ3v) is 1.71. The van der Waals surface area contributed by atoms with Crippen LogP contribution in [-0.4, -0.2) is 50.6 Å². The lowest BCUT2D eigenvalue weighted by atomic mass is 10.2. The molecule has 0 aliphatic carbocycles. The summed E-state index contributed by atoms with van der Waals surface area (Å²) in [5.41, 5.74) is 0. The summed E-state index contributed by atoms with van der Waals surface area (Å²) in [6.45, 7) is 2.28. The highest BCUT2D eigenvalue weighted by atomic mass is 16.2. The van der Waals surface area contributed by atoms with Crippen molar-refractivity contribution in [1.29, 1.82) is 0 Å². The molecular formula is C7H14N3O. The molecule has 4 nitrogen and oxygen atoms in total. The predicted octanol–water partition coefficient (Wildman–Crippen LogP) is -1.35. The van der Waals surface area contributed by atoms with Crippen LogP contribution in [0.1, 0.15) is 0 Å². The van der Waals surface area contributed by atoms with Crippen molar-refractivity contribution in [2.45, 2.75) is 6.04 Å². The zero-order valence-electron chi connectivity index (χ0n) is 7.00. The van der Waals surface area contributed by atoms with Gasteiger partial charge in [-0.05, 0) is 0 Å². The van der Waals surface area contributed by atoms with Gasteiger partial charge < -0.3 is 10.2 Å². The van der Waals surface area contributed by atoms with Gasteiger partial charge in [0, 0.05) is 33.7 Å². The van der Waals surface area contributed by atoms with Gasteiger partial charge in [-0.15, -0.1) is 0 Å². The van der Waals surface area contributed by atoms with E-state index in [0.29, 0.717) is 6.54 Å². The molecule has 1 radical (unpaired) electrons. The van der Waals surface area contributed by atoms with Crippen LogP contribution < -0.4 is 10.6 Å². The molecule has 1 heterocycles. The van der Waals surface area contributed by atoms with Crippen LogP contribution in [0.3, 0.4) is 0 Å². The summed E-state index contributed by atoms with van der Waals surface area (Å²) in [5.74, 6) is 0.119. The molecule has 1 N–H and O–H groups in total. The summed E-state index contributed by atoms with van der Waals surface area (Å²) in [4.78, 5) is 12.9. The fraction of sp³-hybridized carbons (Fsp3) is 0.857. The number of hydrogen-bond acceptors (Lipinski definition) is 2. The summed E-state index contributed by atoms with van der Waals surface area (Å²) in [6, 6.07) is -0.0845. The summed E-state index contributed by atoms with van der Waals surface area (Å²) in [5, 5.41) is 7.27. The molecule has 0 spiro atoms. The molecule has 0 saturated carbocycles. The first-order chi connectivity index (χ1) is 5.22. The molecule has 0 aromatic heterocycles. The normalized spacial score (nSPS) is 24.7. The average Bonchev–Trinajstić information content (AvgIpc) is 2.05. The Labute approximate surface area is 66.9 Å². The van der Waals surface area contributed by atoms with E-state index in [2.05, 4.69) is 10.6 Å². The zero-order chi connectivity index (χ0) is 8.27. The van der Waals surface area contributed by atoms with Gasteiger partial charge in [-0.2, -0.15) is 0 Å². The second-order valence-corrected chi connectivity index (χ2v) is 2.87. The number of piperazine rings is 1. The Morgan fingerprint density at radius 1 is 1.64 bits per heavy atom. The molecule has 1 fully saturated rings. The van der Waals surface area contributed by atoms with Crippen LogP contribution in [0.25, 0.3) is 0 Å². The van der Waals surface area contributed by atoms with E-state index in [-0.39, 0.29) is 11.9 Å². The molecule has 0 aromatic rings. The molecule has 63 valence electrons. The zero-order valence-corrected chi connectivity index (χ0v) is 7.00. The van der Waals surface area contributed by atoms with Crippen molar-refractivity contribution < 1.29 is 4.79 Å². The summed E-state index contributed by atoms with van der Waals surface area (Å²) in [6.07, 6.45) is 0. The van der Waals surface area contributed by atoms with Crippen LogP contribution in [0.5, 0.6) is 0 Å². The lowest BCUT2D eigenvalue weighted by Gasteiger charge is -2.24. The minimum Gasteiger partial charge on any atom is -0.347 e. The van der Waals surface area contributed by atoms with Crippen LogP contribution in [-0.2, 0) is 4.79 Å². The minimum atomic E-state index is -0.0845. The Hall–Kier alpha value is -0.610. The Morgan fingerprint density at radius 3 is 2.82 bits per heavy atom. The lowest BCUT2D eigenvalue weighted by molar-refractivity contribution is -0.131. The Bertz CT molecular complexity index is 141. The van der Waals surface area contributed by atoms with Crippen molar-refractivity contribution in [3.05, 3.63) is 0 Å². The highest BCUT2D eigenvalue weighted by Crippen LogP contribution is 1.92. The van der Waals surface area contributed by atoms with Gasteiger partial charge in [0.15, 0.2) is 0 Å². The van der Waals surface area contributed by atoms with Crippen LogP contribution in [0, 0.1) is 0 Å². The van der Waals surface area contributed by atoms with Gasteiger partial charge in [-0.1, -0.05) is 0 Å². The van der Waals surface area contributed by atoms with Crippen molar-refractivity contribution >= 4 is 5.91 Å². The summed E-state index contributed by atoms with van der Waals surface area (Å²) >= 11 is 0. The van der Waals surface area contributed by atoms with Gasteiger partial charge in [-0.3, -0.25) is 4.79 Å². The smallest absolute Gasteiger partial charge is 0.240 e. The fourth-order valence-electron chi connectivity index (χ4n) is 1.08. The van der Waals surface area contributed by atoms with E-state index in [1.165, 1.54) is 0 Å². The van der Waals surface area contributed by atoms with Gasteiger partial charge >= 0.3 is 0 Å². The first-order valence-corrected chi connectivity index (χ1v) is 3.79. The SMILES string of the molecule is CN(C)C(=O)C1C[N]CCN1. The Balaban J connectivity index is 2.39. The molecule has 1 atom stereocenters. The maximum absolute atomic E-state index is 11.3. The van der Waals surface area contributed by atoms with E-state index in [1.54, 1.807) is 19.0 Å². The molecule has 1 saturated heterocycles. The molecule has 4 heteroatoms. The number of rotatable bonds is 1. The van der Waals surface area contributed by atoms with Gasteiger partial charge in [0.05, 0.1) is 0 Å². The number of nitrogens with one attached hydrogen (secondary N) is 1. The van der Waals surface area contributed by atoms with Crippen molar-refractivity contribution in [2.75, 3.05) is 33.7 Å². The third-order valence-electron chi connectivity index (χ3n) is 1.71. The lowest BCUT2D eigenvalue weighted by Crippen LogP contribution is -2.53. The maximum atomic E-state index is 11.3. The largest absolute Gasteiger partial charge is 0.347 e. The van der Waals surface area contributed by atoms with Crippen molar-refractivity contribution in [3.8, 4) is 0 Å². The fourth-order valence-corrected chi connectivity index (χ4v) is 1.08. The van der Waals surface area contributed by atoms with E-state index < -0.39 is 0 Å². The molecule has 1 rings (SSSR count). The maximum Gasteiger partial charge on any atom is 0.240 e. The van der Waals surface area contributed by atoms with E-state index >= 15 is 0 Å². The number of carbonyl (C=O) groups is 1. The minimum absolute atomic E-state index is 0.0845. The number of carbonyl (C=O) groups excluding carboxylic acids is 1. The standard InChI is InChI=1S/C7H14N3O/c1-10(2)7(11)6-5-8-3-4-9-6/h6,9H,3-5H2,1-2H3.